The van der Waals surface area contributed by atoms with Crippen LogP contribution >= 0.6 is 0 Å². The Morgan fingerprint density at radius 1 is 0.960 bits per heavy atom. The van der Waals surface area contributed by atoms with Crippen LogP contribution in [-0.4, -0.2) is 12.0 Å². The van der Waals surface area contributed by atoms with Crippen LogP contribution in [0.5, 0.6) is 5.75 Å². The van der Waals surface area contributed by atoms with Gasteiger partial charge >= 0.3 is 0 Å². The van der Waals surface area contributed by atoms with Crippen molar-refractivity contribution in [2.45, 2.75) is 26.0 Å². The number of rotatable bonds is 5. The third-order valence-electron chi connectivity index (χ3n) is 4.15. The summed E-state index contributed by atoms with van der Waals surface area (Å²) in [5.74, 6) is 0.162. The van der Waals surface area contributed by atoms with Crippen molar-refractivity contribution in [2.75, 3.05) is 0 Å². The van der Waals surface area contributed by atoms with E-state index in [2.05, 4.69) is 5.32 Å². The van der Waals surface area contributed by atoms with Crippen LogP contribution in [0.2, 0.25) is 0 Å². The third kappa shape index (κ3) is 3.97. The van der Waals surface area contributed by atoms with Gasteiger partial charge in [0, 0.05) is 5.39 Å². The summed E-state index contributed by atoms with van der Waals surface area (Å²) < 4.78 is 18.9. The van der Waals surface area contributed by atoms with Crippen LogP contribution in [-0.2, 0) is 4.79 Å². The Morgan fingerprint density at radius 3 is 2.40 bits per heavy atom. The smallest absolute Gasteiger partial charge is 0.261 e. The second-order valence-corrected chi connectivity index (χ2v) is 6.02. The molecule has 25 heavy (non-hydrogen) atoms. The Labute approximate surface area is 146 Å². The molecule has 3 rings (SSSR count). The summed E-state index contributed by atoms with van der Waals surface area (Å²) >= 11 is 0. The lowest BCUT2D eigenvalue weighted by atomic mass is 10.1. The third-order valence-corrected chi connectivity index (χ3v) is 4.15. The van der Waals surface area contributed by atoms with Gasteiger partial charge in [-0.1, -0.05) is 48.5 Å². The minimum atomic E-state index is -0.645. The Hall–Kier alpha value is -2.88. The number of fused-ring (bicyclic) bond motifs is 1. The molecule has 0 unspecified atom stereocenters. The van der Waals surface area contributed by atoms with Crippen molar-refractivity contribution in [2.24, 2.45) is 0 Å². The minimum absolute atomic E-state index is 0.218. The van der Waals surface area contributed by atoms with Crippen molar-refractivity contribution in [3.8, 4) is 5.75 Å². The van der Waals surface area contributed by atoms with Gasteiger partial charge in [0.2, 0.25) is 0 Å². The highest BCUT2D eigenvalue weighted by atomic mass is 19.1. The Bertz CT molecular complexity index is 871. The van der Waals surface area contributed by atoms with Crippen molar-refractivity contribution in [3.05, 3.63) is 78.1 Å². The fraction of sp³-hybridized carbons (Fsp3) is 0.190. The normalized spacial score (nSPS) is 13.2. The van der Waals surface area contributed by atoms with E-state index >= 15 is 0 Å². The van der Waals surface area contributed by atoms with Crippen LogP contribution in [0.1, 0.15) is 25.5 Å². The topological polar surface area (TPSA) is 38.3 Å². The molecule has 3 aromatic rings. The number of ether oxygens (including phenoxy) is 1. The highest BCUT2D eigenvalue weighted by Crippen LogP contribution is 2.26. The van der Waals surface area contributed by atoms with E-state index in [1.165, 1.54) is 12.1 Å². The highest BCUT2D eigenvalue weighted by molar-refractivity contribution is 5.89. The summed E-state index contributed by atoms with van der Waals surface area (Å²) in [7, 11) is 0. The van der Waals surface area contributed by atoms with Crippen LogP contribution in [0.25, 0.3) is 10.8 Å². The van der Waals surface area contributed by atoms with E-state index in [4.69, 9.17) is 4.74 Å². The maximum Gasteiger partial charge on any atom is 0.261 e. The van der Waals surface area contributed by atoms with Gasteiger partial charge in [-0.05, 0) is 43.0 Å². The summed E-state index contributed by atoms with van der Waals surface area (Å²) in [6, 6.07) is 19.5. The van der Waals surface area contributed by atoms with Gasteiger partial charge in [0.15, 0.2) is 6.10 Å². The molecule has 0 fully saturated rings. The molecule has 0 bridgehead atoms. The zero-order valence-corrected chi connectivity index (χ0v) is 14.2. The molecular formula is C21H20FNO2. The first-order valence-electron chi connectivity index (χ1n) is 8.25. The zero-order chi connectivity index (χ0) is 17.8. The van der Waals surface area contributed by atoms with Crippen LogP contribution in [0, 0.1) is 5.82 Å². The summed E-state index contributed by atoms with van der Waals surface area (Å²) in [5, 5.41) is 4.93. The fourth-order valence-corrected chi connectivity index (χ4v) is 2.71. The Balaban J connectivity index is 1.69. The molecule has 0 aliphatic heterocycles. The van der Waals surface area contributed by atoms with Crippen molar-refractivity contribution < 1.29 is 13.9 Å². The molecule has 1 amide bonds. The predicted molar refractivity (Wildman–Crippen MR) is 97.0 cm³/mol. The monoisotopic (exact) mass is 337 g/mol. The summed E-state index contributed by atoms with van der Waals surface area (Å²) in [6.07, 6.45) is -0.645. The largest absolute Gasteiger partial charge is 0.480 e. The van der Waals surface area contributed by atoms with Crippen molar-refractivity contribution in [1.29, 1.82) is 0 Å². The lowest BCUT2D eigenvalue weighted by molar-refractivity contribution is -0.127. The average Bonchev–Trinajstić information content (AvgIpc) is 2.62. The Morgan fingerprint density at radius 2 is 1.64 bits per heavy atom. The van der Waals surface area contributed by atoms with Crippen molar-refractivity contribution in [3.63, 3.8) is 0 Å². The molecule has 0 heterocycles. The van der Waals surface area contributed by atoms with E-state index in [0.29, 0.717) is 5.75 Å². The van der Waals surface area contributed by atoms with Crippen LogP contribution in [0.3, 0.4) is 0 Å². The molecule has 2 atom stereocenters. The summed E-state index contributed by atoms with van der Waals surface area (Å²) in [4.78, 5) is 12.4. The van der Waals surface area contributed by atoms with E-state index in [0.717, 1.165) is 16.3 Å². The molecule has 0 aliphatic rings. The van der Waals surface area contributed by atoms with Gasteiger partial charge in [0.25, 0.3) is 5.91 Å². The maximum absolute atomic E-state index is 13.0. The second kappa shape index (κ2) is 7.34. The van der Waals surface area contributed by atoms with Gasteiger partial charge in [-0.15, -0.1) is 0 Å². The standard InChI is InChI=1S/C21H20FNO2/c1-14(16-10-12-18(22)13-11-16)23-21(24)15(2)25-20-9-5-7-17-6-3-4-8-19(17)20/h3-15H,1-2H3,(H,23,24)/t14-,15-/m1/s1. The van der Waals surface area contributed by atoms with E-state index < -0.39 is 6.10 Å². The first-order chi connectivity index (χ1) is 12.0. The van der Waals surface area contributed by atoms with E-state index in [-0.39, 0.29) is 17.8 Å². The molecular weight excluding hydrogens is 317 g/mol. The molecule has 0 saturated heterocycles. The number of hydrogen-bond donors (Lipinski definition) is 1. The predicted octanol–water partition coefficient (Wildman–Crippen LogP) is 4.62. The van der Waals surface area contributed by atoms with Gasteiger partial charge in [-0.3, -0.25) is 4.79 Å². The first-order valence-corrected chi connectivity index (χ1v) is 8.25. The lowest BCUT2D eigenvalue weighted by Gasteiger charge is -2.19. The number of carbonyl (C=O) groups excluding carboxylic acids is 1. The molecule has 0 aliphatic carbocycles. The molecule has 0 spiro atoms. The number of carbonyl (C=O) groups is 1. The van der Waals surface area contributed by atoms with Gasteiger partial charge < -0.3 is 10.1 Å². The molecule has 3 aromatic carbocycles. The molecule has 0 saturated carbocycles. The SMILES string of the molecule is C[C@@H](Oc1cccc2ccccc12)C(=O)N[C@H](C)c1ccc(F)cc1. The quantitative estimate of drug-likeness (QED) is 0.737. The van der Waals surface area contributed by atoms with Gasteiger partial charge in [-0.2, -0.15) is 0 Å². The maximum atomic E-state index is 13.0. The molecule has 0 radical (unpaired) electrons. The molecule has 0 aromatic heterocycles. The molecule has 3 nitrogen and oxygen atoms in total. The second-order valence-electron chi connectivity index (χ2n) is 6.02. The number of nitrogens with one attached hydrogen (secondary N) is 1. The van der Waals surface area contributed by atoms with Gasteiger partial charge in [-0.25, -0.2) is 4.39 Å². The minimum Gasteiger partial charge on any atom is -0.480 e. The van der Waals surface area contributed by atoms with E-state index in [1.54, 1.807) is 19.1 Å². The van der Waals surface area contributed by atoms with Crippen molar-refractivity contribution in [1.82, 2.24) is 5.32 Å². The van der Waals surface area contributed by atoms with Crippen LogP contribution in [0.15, 0.2) is 66.7 Å². The summed E-state index contributed by atoms with van der Waals surface area (Å²) in [5.41, 5.74) is 0.840. The van der Waals surface area contributed by atoms with E-state index in [1.807, 2.05) is 49.4 Å². The van der Waals surface area contributed by atoms with E-state index in [9.17, 15) is 9.18 Å². The Kier molecular flexibility index (Phi) is 4.98. The molecule has 4 heteroatoms. The van der Waals surface area contributed by atoms with Crippen LogP contribution in [0.4, 0.5) is 4.39 Å². The van der Waals surface area contributed by atoms with Crippen LogP contribution < -0.4 is 10.1 Å². The zero-order valence-electron chi connectivity index (χ0n) is 14.2. The molecule has 1 N–H and O–H groups in total. The molecule has 128 valence electrons. The number of amides is 1. The number of hydrogen-bond acceptors (Lipinski definition) is 2. The number of benzene rings is 3. The first kappa shape index (κ1) is 17.0. The van der Waals surface area contributed by atoms with Gasteiger partial charge in [0.1, 0.15) is 11.6 Å². The lowest BCUT2D eigenvalue weighted by Crippen LogP contribution is -2.37. The highest BCUT2D eigenvalue weighted by Gasteiger charge is 2.18. The van der Waals surface area contributed by atoms with Gasteiger partial charge in [0.05, 0.1) is 6.04 Å². The number of halogens is 1. The fourth-order valence-electron chi connectivity index (χ4n) is 2.71. The van der Waals surface area contributed by atoms with Crippen molar-refractivity contribution >= 4 is 16.7 Å². The average molecular weight is 337 g/mol. The summed E-state index contributed by atoms with van der Waals surface area (Å²) in [6.45, 7) is 3.57.